The number of hydrogen-bond acceptors (Lipinski definition) is 1. The van der Waals surface area contributed by atoms with Crippen LogP contribution >= 0.6 is 0 Å². The van der Waals surface area contributed by atoms with Gasteiger partial charge in [0.25, 0.3) is 0 Å². The van der Waals surface area contributed by atoms with Crippen LogP contribution in [0.5, 0.6) is 5.75 Å². The van der Waals surface area contributed by atoms with E-state index in [0.29, 0.717) is 5.75 Å². The molecule has 16 heavy (non-hydrogen) atoms. The molecule has 1 nitrogen and oxygen atoms in total. The summed E-state index contributed by atoms with van der Waals surface area (Å²) in [6.45, 7) is 6.33. The first-order valence-corrected chi connectivity index (χ1v) is 5.45. The maximum Gasteiger partial charge on any atom is 0.116 e. The maximum atomic E-state index is 9.50. The van der Waals surface area contributed by atoms with E-state index in [1.54, 1.807) is 12.1 Å². The lowest BCUT2D eigenvalue weighted by atomic mass is 9.95. The molecule has 0 aliphatic heterocycles. The summed E-state index contributed by atoms with van der Waals surface area (Å²) >= 11 is 0. The number of rotatable bonds is 1. The summed E-state index contributed by atoms with van der Waals surface area (Å²) in [7, 11) is 0. The quantitative estimate of drug-likeness (QED) is 0.758. The lowest BCUT2D eigenvalue weighted by molar-refractivity contribution is 0.475. The van der Waals surface area contributed by atoms with Gasteiger partial charge in [0.15, 0.2) is 0 Å². The molecular weight excluding hydrogens is 196 g/mol. The number of phenols is 1. The van der Waals surface area contributed by atoms with Gasteiger partial charge in [-0.25, -0.2) is 0 Å². The van der Waals surface area contributed by atoms with Crippen LogP contribution in [0.25, 0.3) is 11.1 Å². The van der Waals surface area contributed by atoms with Crippen molar-refractivity contribution in [3.05, 3.63) is 53.1 Å². The van der Waals surface area contributed by atoms with Crippen molar-refractivity contribution in [2.45, 2.75) is 20.8 Å². The molecule has 0 heterocycles. The van der Waals surface area contributed by atoms with E-state index in [4.69, 9.17) is 0 Å². The van der Waals surface area contributed by atoms with Gasteiger partial charge in [-0.05, 0) is 55.2 Å². The smallest absolute Gasteiger partial charge is 0.116 e. The van der Waals surface area contributed by atoms with Gasteiger partial charge in [-0.2, -0.15) is 0 Å². The third kappa shape index (κ3) is 1.94. The molecule has 2 aromatic carbocycles. The van der Waals surface area contributed by atoms with Crippen LogP contribution in [0.2, 0.25) is 0 Å². The maximum absolute atomic E-state index is 9.50. The Labute approximate surface area is 96.4 Å². The Hall–Kier alpha value is -1.76. The Morgan fingerprint density at radius 1 is 0.938 bits per heavy atom. The highest BCUT2D eigenvalue weighted by Gasteiger charge is 2.05. The summed E-state index contributed by atoms with van der Waals surface area (Å²) in [6.07, 6.45) is 0. The number of aromatic hydroxyl groups is 1. The van der Waals surface area contributed by atoms with Crippen LogP contribution in [0.4, 0.5) is 0 Å². The van der Waals surface area contributed by atoms with E-state index < -0.39 is 0 Å². The number of phenolic OH excluding ortho intramolecular Hbond substituents is 1. The van der Waals surface area contributed by atoms with E-state index in [2.05, 4.69) is 32.9 Å². The second-order valence-corrected chi connectivity index (χ2v) is 4.30. The van der Waals surface area contributed by atoms with Gasteiger partial charge in [-0.1, -0.05) is 29.8 Å². The van der Waals surface area contributed by atoms with Crippen molar-refractivity contribution >= 4 is 0 Å². The molecule has 0 spiro atoms. The Kier molecular flexibility index (Phi) is 2.69. The van der Waals surface area contributed by atoms with Crippen molar-refractivity contribution < 1.29 is 5.11 Å². The summed E-state index contributed by atoms with van der Waals surface area (Å²) in [5.41, 5.74) is 6.09. The zero-order valence-electron chi connectivity index (χ0n) is 9.91. The summed E-state index contributed by atoms with van der Waals surface area (Å²) < 4.78 is 0. The van der Waals surface area contributed by atoms with Crippen LogP contribution in [0.3, 0.4) is 0 Å². The fourth-order valence-corrected chi connectivity index (χ4v) is 2.01. The molecule has 0 radical (unpaired) electrons. The van der Waals surface area contributed by atoms with Gasteiger partial charge in [0.1, 0.15) is 5.75 Å². The molecule has 2 rings (SSSR count). The van der Waals surface area contributed by atoms with Crippen molar-refractivity contribution in [1.82, 2.24) is 0 Å². The SMILES string of the molecule is Cc1cc(C)c(C)c(-c2cccc(O)c2)c1. The van der Waals surface area contributed by atoms with E-state index >= 15 is 0 Å². The molecule has 0 unspecified atom stereocenters. The van der Waals surface area contributed by atoms with Crippen LogP contribution in [0.1, 0.15) is 16.7 Å². The summed E-state index contributed by atoms with van der Waals surface area (Å²) in [5, 5.41) is 9.50. The van der Waals surface area contributed by atoms with Crippen LogP contribution < -0.4 is 0 Å². The van der Waals surface area contributed by atoms with E-state index in [0.717, 1.165) is 5.56 Å². The molecule has 1 N–H and O–H groups in total. The number of aryl methyl sites for hydroxylation is 2. The van der Waals surface area contributed by atoms with Crippen molar-refractivity contribution in [3.63, 3.8) is 0 Å². The minimum Gasteiger partial charge on any atom is -0.508 e. The van der Waals surface area contributed by atoms with Crippen molar-refractivity contribution in [2.75, 3.05) is 0 Å². The van der Waals surface area contributed by atoms with Crippen LogP contribution in [0.15, 0.2) is 36.4 Å². The molecule has 0 atom stereocenters. The molecule has 0 aliphatic rings. The lowest BCUT2D eigenvalue weighted by Gasteiger charge is -2.11. The molecule has 82 valence electrons. The Morgan fingerprint density at radius 2 is 1.69 bits per heavy atom. The number of benzene rings is 2. The Bertz CT molecular complexity index is 527. The molecular formula is C15H16O. The van der Waals surface area contributed by atoms with Crippen LogP contribution in [-0.2, 0) is 0 Å². The highest BCUT2D eigenvalue weighted by atomic mass is 16.3. The van der Waals surface area contributed by atoms with Crippen molar-refractivity contribution in [2.24, 2.45) is 0 Å². The van der Waals surface area contributed by atoms with Crippen LogP contribution in [0, 0.1) is 20.8 Å². The Balaban J connectivity index is 2.64. The topological polar surface area (TPSA) is 20.2 Å². The fourth-order valence-electron chi connectivity index (χ4n) is 2.01. The molecule has 0 fully saturated rings. The molecule has 0 saturated heterocycles. The summed E-state index contributed by atoms with van der Waals surface area (Å²) in [5.74, 6) is 0.316. The second kappa shape index (κ2) is 4.01. The highest BCUT2D eigenvalue weighted by Crippen LogP contribution is 2.29. The van der Waals surface area contributed by atoms with E-state index in [9.17, 15) is 5.11 Å². The zero-order chi connectivity index (χ0) is 11.7. The predicted octanol–water partition coefficient (Wildman–Crippen LogP) is 3.98. The minimum absolute atomic E-state index is 0.316. The zero-order valence-corrected chi connectivity index (χ0v) is 9.91. The van der Waals surface area contributed by atoms with Gasteiger partial charge in [0.05, 0.1) is 0 Å². The molecule has 0 aliphatic carbocycles. The highest BCUT2D eigenvalue weighted by molar-refractivity contribution is 5.70. The van der Waals surface area contributed by atoms with Gasteiger partial charge in [-0.3, -0.25) is 0 Å². The van der Waals surface area contributed by atoms with E-state index in [1.807, 2.05) is 12.1 Å². The molecule has 0 saturated carbocycles. The largest absolute Gasteiger partial charge is 0.508 e. The molecule has 1 heteroatoms. The lowest BCUT2D eigenvalue weighted by Crippen LogP contribution is -1.89. The van der Waals surface area contributed by atoms with Crippen molar-refractivity contribution in [1.29, 1.82) is 0 Å². The minimum atomic E-state index is 0.316. The fraction of sp³-hybridized carbons (Fsp3) is 0.200. The molecule has 0 aromatic heterocycles. The normalized spacial score (nSPS) is 10.4. The van der Waals surface area contributed by atoms with Crippen molar-refractivity contribution in [3.8, 4) is 16.9 Å². The average molecular weight is 212 g/mol. The Morgan fingerprint density at radius 3 is 2.38 bits per heavy atom. The third-order valence-corrected chi connectivity index (χ3v) is 2.97. The first kappa shape index (κ1) is 10.7. The summed E-state index contributed by atoms with van der Waals surface area (Å²) in [4.78, 5) is 0. The first-order chi connectivity index (χ1) is 7.58. The van der Waals surface area contributed by atoms with Gasteiger partial charge >= 0.3 is 0 Å². The standard InChI is InChI=1S/C15H16O/c1-10-7-11(2)12(3)15(8-10)13-5-4-6-14(16)9-13/h4-9,16H,1-3H3. The molecule has 0 amide bonds. The van der Waals surface area contributed by atoms with E-state index in [-0.39, 0.29) is 0 Å². The van der Waals surface area contributed by atoms with Gasteiger partial charge < -0.3 is 5.11 Å². The molecule has 2 aromatic rings. The van der Waals surface area contributed by atoms with E-state index in [1.165, 1.54) is 22.3 Å². The average Bonchev–Trinajstić information content (AvgIpc) is 2.23. The van der Waals surface area contributed by atoms with Gasteiger partial charge in [0, 0.05) is 0 Å². The monoisotopic (exact) mass is 212 g/mol. The van der Waals surface area contributed by atoms with Crippen LogP contribution in [-0.4, -0.2) is 5.11 Å². The first-order valence-electron chi connectivity index (χ1n) is 5.45. The number of hydrogen-bond donors (Lipinski definition) is 1. The van der Waals surface area contributed by atoms with Gasteiger partial charge in [0.2, 0.25) is 0 Å². The second-order valence-electron chi connectivity index (χ2n) is 4.30. The predicted molar refractivity (Wildman–Crippen MR) is 67.8 cm³/mol. The third-order valence-electron chi connectivity index (χ3n) is 2.97. The van der Waals surface area contributed by atoms with Gasteiger partial charge in [-0.15, -0.1) is 0 Å². The molecule has 0 bridgehead atoms. The summed E-state index contributed by atoms with van der Waals surface area (Å²) in [6, 6.07) is 11.8.